The van der Waals surface area contributed by atoms with E-state index in [1.54, 1.807) is 6.92 Å². The van der Waals surface area contributed by atoms with Gasteiger partial charge in [-0.15, -0.1) is 0 Å². The standard InChI is InChI=1S/C8H18O4/c1-7(11)6-12-8(5-10)3-2-4-9/h7-11H,2-6H2,1H3. The largest absolute Gasteiger partial charge is 0.396 e. The minimum Gasteiger partial charge on any atom is -0.396 e. The molecule has 0 radical (unpaired) electrons. The first-order chi connectivity index (χ1) is 5.70. The monoisotopic (exact) mass is 178 g/mol. The summed E-state index contributed by atoms with van der Waals surface area (Å²) in [6.07, 6.45) is 0.477. The van der Waals surface area contributed by atoms with Crippen molar-refractivity contribution in [2.45, 2.75) is 32.0 Å². The summed E-state index contributed by atoms with van der Waals surface area (Å²) in [5.74, 6) is 0. The maximum absolute atomic E-state index is 8.87. The molecule has 0 aliphatic heterocycles. The summed E-state index contributed by atoms with van der Waals surface area (Å²) >= 11 is 0. The Labute approximate surface area is 72.8 Å². The van der Waals surface area contributed by atoms with Crippen LogP contribution in [0.15, 0.2) is 0 Å². The van der Waals surface area contributed by atoms with Crippen LogP contribution in [0, 0.1) is 0 Å². The highest BCUT2D eigenvalue weighted by atomic mass is 16.5. The lowest BCUT2D eigenvalue weighted by molar-refractivity contribution is -0.0321. The Morgan fingerprint density at radius 3 is 2.42 bits per heavy atom. The average molecular weight is 178 g/mol. The second-order valence-electron chi connectivity index (χ2n) is 2.85. The molecule has 0 amide bonds. The van der Waals surface area contributed by atoms with Crippen LogP contribution in [0.2, 0.25) is 0 Å². The molecular weight excluding hydrogens is 160 g/mol. The summed E-state index contributed by atoms with van der Waals surface area (Å²) < 4.78 is 5.14. The van der Waals surface area contributed by atoms with Gasteiger partial charge in [0, 0.05) is 6.61 Å². The van der Waals surface area contributed by atoms with E-state index >= 15 is 0 Å². The van der Waals surface area contributed by atoms with Crippen LogP contribution in [0.5, 0.6) is 0 Å². The lowest BCUT2D eigenvalue weighted by atomic mass is 10.2. The Morgan fingerprint density at radius 2 is 2.00 bits per heavy atom. The van der Waals surface area contributed by atoms with Crippen molar-refractivity contribution in [1.82, 2.24) is 0 Å². The molecule has 74 valence electrons. The summed E-state index contributed by atoms with van der Waals surface area (Å²) in [6.45, 7) is 1.90. The SMILES string of the molecule is CC(O)COC(CO)CCCO. The fraction of sp³-hybridized carbons (Fsp3) is 1.00. The third-order valence-electron chi connectivity index (χ3n) is 1.46. The van der Waals surface area contributed by atoms with Crippen LogP contribution < -0.4 is 0 Å². The molecule has 2 atom stereocenters. The molecule has 3 N–H and O–H groups in total. The van der Waals surface area contributed by atoms with Crippen molar-refractivity contribution in [2.24, 2.45) is 0 Å². The molecule has 0 bridgehead atoms. The van der Waals surface area contributed by atoms with Gasteiger partial charge in [0.25, 0.3) is 0 Å². The molecule has 0 spiro atoms. The van der Waals surface area contributed by atoms with E-state index < -0.39 is 6.10 Å². The molecule has 4 nitrogen and oxygen atoms in total. The zero-order valence-corrected chi connectivity index (χ0v) is 7.44. The molecule has 2 unspecified atom stereocenters. The van der Waals surface area contributed by atoms with Gasteiger partial charge in [-0.25, -0.2) is 0 Å². The number of ether oxygens (including phenoxy) is 1. The third kappa shape index (κ3) is 6.54. The summed E-state index contributed by atoms with van der Waals surface area (Å²) in [5.41, 5.74) is 0. The van der Waals surface area contributed by atoms with E-state index in [4.69, 9.17) is 20.1 Å². The molecule has 0 aromatic rings. The van der Waals surface area contributed by atoms with E-state index in [0.717, 1.165) is 0 Å². The molecule has 0 fully saturated rings. The Kier molecular flexibility index (Phi) is 7.39. The van der Waals surface area contributed by atoms with E-state index in [9.17, 15) is 0 Å². The van der Waals surface area contributed by atoms with Crippen molar-refractivity contribution in [2.75, 3.05) is 19.8 Å². The van der Waals surface area contributed by atoms with Gasteiger partial charge in [0.2, 0.25) is 0 Å². The summed E-state index contributed by atoms with van der Waals surface area (Å²) in [4.78, 5) is 0. The third-order valence-corrected chi connectivity index (χ3v) is 1.46. The maximum atomic E-state index is 8.87. The lowest BCUT2D eigenvalue weighted by Crippen LogP contribution is -2.23. The number of hydrogen-bond acceptors (Lipinski definition) is 4. The van der Waals surface area contributed by atoms with Crippen LogP contribution in [0.25, 0.3) is 0 Å². The van der Waals surface area contributed by atoms with Gasteiger partial charge in [-0.3, -0.25) is 0 Å². The predicted molar refractivity (Wildman–Crippen MR) is 44.8 cm³/mol. The average Bonchev–Trinajstić information content (AvgIpc) is 2.05. The van der Waals surface area contributed by atoms with Crippen LogP contribution >= 0.6 is 0 Å². The van der Waals surface area contributed by atoms with Crippen LogP contribution in [0.1, 0.15) is 19.8 Å². The van der Waals surface area contributed by atoms with Gasteiger partial charge in [0.15, 0.2) is 0 Å². The fourth-order valence-corrected chi connectivity index (χ4v) is 0.822. The maximum Gasteiger partial charge on any atom is 0.0807 e. The number of aliphatic hydroxyl groups is 3. The van der Waals surface area contributed by atoms with Crippen LogP contribution in [-0.2, 0) is 4.74 Å². The van der Waals surface area contributed by atoms with Gasteiger partial charge in [-0.1, -0.05) is 0 Å². The molecule has 0 rings (SSSR count). The summed E-state index contributed by atoms with van der Waals surface area (Å²) in [7, 11) is 0. The Bertz CT molecular complexity index is 95.1. The zero-order valence-electron chi connectivity index (χ0n) is 7.44. The topological polar surface area (TPSA) is 69.9 Å². The molecular formula is C8H18O4. The van der Waals surface area contributed by atoms with E-state index in [-0.39, 0.29) is 25.9 Å². The van der Waals surface area contributed by atoms with Gasteiger partial charge >= 0.3 is 0 Å². The number of hydrogen-bond donors (Lipinski definition) is 3. The van der Waals surface area contributed by atoms with Gasteiger partial charge in [-0.05, 0) is 19.8 Å². The first-order valence-electron chi connectivity index (χ1n) is 4.22. The molecule has 0 aromatic carbocycles. The predicted octanol–water partition coefficient (Wildman–Crippen LogP) is -0.483. The molecule has 0 saturated carbocycles. The zero-order chi connectivity index (χ0) is 9.40. The Balaban J connectivity index is 3.39. The normalized spacial score (nSPS) is 16.0. The summed E-state index contributed by atoms with van der Waals surface area (Å²) in [6, 6.07) is 0. The summed E-state index contributed by atoms with van der Waals surface area (Å²) in [5, 5.41) is 26.1. The van der Waals surface area contributed by atoms with Crippen molar-refractivity contribution in [3.8, 4) is 0 Å². The highest BCUT2D eigenvalue weighted by Crippen LogP contribution is 2.01. The minimum absolute atomic E-state index is 0.0628. The Hall–Kier alpha value is -0.160. The number of rotatable bonds is 7. The van der Waals surface area contributed by atoms with Crippen LogP contribution in [-0.4, -0.2) is 47.3 Å². The first kappa shape index (κ1) is 11.8. The first-order valence-corrected chi connectivity index (χ1v) is 4.22. The lowest BCUT2D eigenvalue weighted by Gasteiger charge is -2.15. The van der Waals surface area contributed by atoms with E-state index in [0.29, 0.717) is 12.8 Å². The quantitative estimate of drug-likeness (QED) is 0.492. The van der Waals surface area contributed by atoms with Gasteiger partial charge in [0.1, 0.15) is 0 Å². The van der Waals surface area contributed by atoms with Gasteiger partial charge in [-0.2, -0.15) is 0 Å². The van der Waals surface area contributed by atoms with E-state index in [1.807, 2.05) is 0 Å². The molecule has 12 heavy (non-hydrogen) atoms. The fourth-order valence-electron chi connectivity index (χ4n) is 0.822. The van der Waals surface area contributed by atoms with E-state index in [1.165, 1.54) is 0 Å². The highest BCUT2D eigenvalue weighted by Gasteiger charge is 2.08. The van der Waals surface area contributed by atoms with Crippen LogP contribution in [0.3, 0.4) is 0 Å². The Morgan fingerprint density at radius 1 is 1.33 bits per heavy atom. The van der Waals surface area contributed by atoms with Crippen molar-refractivity contribution in [1.29, 1.82) is 0 Å². The molecule has 4 heteroatoms. The van der Waals surface area contributed by atoms with E-state index in [2.05, 4.69) is 0 Å². The second-order valence-corrected chi connectivity index (χ2v) is 2.85. The molecule has 0 aromatic heterocycles. The highest BCUT2D eigenvalue weighted by molar-refractivity contribution is 4.56. The minimum atomic E-state index is -0.506. The van der Waals surface area contributed by atoms with Crippen molar-refractivity contribution in [3.05, 3.63) is 0 Å². The smallest absolute Gasteiger partial charge is 0.0807 e. The van der Waals surface area contributed by atoms with Crippen molar-refractivity contribution < 1.29 is 20.1 Å². The van der Waals surface area contributed by atoms with Crippen molar-refractivity contribution in [3.63, 3.8) is 0 Å². The van der Waals surface area contributed by atoms with Gasteiger partial charge in [0.05, 0.1) is 25.4 Å². The molecule has 0 aliphatic carbocycles. The molecule has 0 saturated heterocycles. The molecule has 0 heterocycles. The number of aliphatic hydroxyl groups excluding tert-OH is 3. The van der Waals surface area contributed by atoms with Crippen LogP contribution in [0.4, 0.5) is 0 Å². The van der Waals surface area contributed by atoms with Crippen molar-refractivity contribution >= 4 is 0 Å². The molecule has 0 aliphatic rings. The second kappa shape index (κ2) is 7.49. The van der Waals surface area contributed by atoms with Gasteiger partial charge < -0.3 is 20.1 Å².